The number of nitrogens with two attached hydrogens (primary N) is 1. The van der Waals surface area contributed by atoms with Crippen LogP contribution in [0.3, 0.4) is 0 Å². The Morgan fingerprint density at radius 3 is 0.952 bits per heavy atom. The van der Waals surface area contributed by atoms with Crippen molar-refractivity contribution in [1.82, 2.24) is 5.32 Å². The standard InChI is InChI=1S/C50H80N2O32/c1-50(2)23(52-43(71)42(50)51)8-15-4-6-16(7-5-15)73-44-31(66)25(60)37(18(10-54)75-44)81-46-33(68)27(62)39(20(12-56)77-46)83-48-35(70)29(64)41(22(14-58)79-48)84-49-34(69)28(63)40(21(13-57)78-49)82-47-32(67)26(61)38(19(11-55)76-47)80-45-30(65)24(59)36(72-3)17(9-53)74-45/h4-7,17-42,44-49,53-70H,8-14,51H2,1-3H3,(H,52,71). The van der Waals surface area contributed by atoms with Gasteiger partial charge in [-0.25, -0.2) is 0 Å². The van der Waals surface area contributed by atoms with Crippen molar-refractivity contribution in [2.75, 3.05) is 46.8 Å². The van der Waals surface area contributed by atoms with Gasteiger partial charge < -0.3 is 165 Å². The summed E-state index contributed by atoms with van der Waals surface area (Å²) in [4.78, 5) is 12.2. The Bertz CT molecular complexity index is 2220. The Morgan fingerprint density at radius 2 is 0.690 bits per heavy atom. The van der Waals surface area contributed by atoms with Crippen LogP contribution in [-0.4, -0.2) is 341 Å². The fraction of sp³-hybridized carbons (Fsp3) is 0.860. The van der Waals surface area contributed by atoms with Gasteiger partial charge in [0.2, 0.25) is 12.2 Å². The molecule has 34 nitrogen and oxygen atoms in total. The Labute approximate surface area is 478 Å². The second-order valence-electron chi connectivity index (χ2n) is 22.3. The van der Waals surface area contributed by atoms with Crippen molar-refractivity contribution >= 4 is 5.91 Å². The minimum absolute atomic E-state index is 0.185. The molecule has 84 heavy (non-hydrogen) atoms. The summed E-state index contributed by atoms with van der Waals surface area (Å²) in [6.07, 6.45) is -54.6. The van der Waals surface area contributed by atoms with Crippen molar-refractivity contribution in [2.45, 2.75) is 217 Å². The van der Waals surface area contributed by atoms with E-state index in [1.165, 1.54) is 7.11 Å². The zero-order chi connectivity index (χ0) is 61.4. The van der Waals surface area contributed by atoms with Crippen LogP contribution in [0.1, 0.15) is 19.4 Å². The summed E-state index contributed by atoms with van der Waals surface area (Å²) in [5, 5.41) is 198. The van der Waals surface area contributed by atoms with Crippen LogP contribution in [0.25, 0.3) is 0 Å². The summed E-state index contributed by atoms with van der Waals surface area (Å²) in [5.41, 5.74) is 6.35. The van der Waals surface area contributed by atoms with Gasteiger partial charge in [-0.3, -0.25) is 4.79 Å². The molecular weight excluding hydrogens is 1140 g/mol. The van der Waals surface area contributed by atoms with Crippen molar-refractivity contribution in [1.29, 1.82) is 0 Å². The highest BCUT2D eigenvalue weighted by Gasteiger charge is 2.58. The van der Waals surface area contributed by atoms with Gasteiger partial charge >= 0.3 is 0 Å². The molecule has 1 amide bonds. The van der Waals surface area contributed by atoms with Gasteiger partial charge in [0, 0.05) is 18.6 Å². The molecule has 0 bridgehead atoms. The van der Waals surface area contributed by atoms with Gasteiger partial charge in [-0.15, -0.1) is 0 Å². The van der Waals surface area contributed by atoms with Crippen molar-refractivity contribution in [2.24, 2.45) is 11.1 Å². The molecule has 0 radical (unpaired) electrons. The topological polar surface area (TPSA) is 539 Å². The lowest BCUT2D eigenvalue weighted by molar-refractivity contribution is -0.395. The SMILES string of the molecule is COC1C(CO)OC(OC2C(CO)OC(OC3C(CO)OC(OC4C(CO)OC(OC5C(CO)OC(OC6C(CO)OC(Oc7ccc(CC8NC(=O)C(N)C8(C)C)cc7)C(O)C6O)C(O)C5O)C(O)C4O)C(O)C3O)C(O)C2O)C(O)C1O. The van der Waals surface area contributed by atoms with E-state index in [4.69, 9.17) is 67.3 Å². The molecule has 7 heterocycles. The number of benzene rings is 1. The van der Waals surface area contributed by atoms with E-state index in [1.807, 2.05) is 13.8 Å². The summed E-state index contributed by atoms with van der Waals surface area (Å²) in [6.45, 7) is -1.77. The molecule has 32 atom stereocenters. The average Bonchev–Trinajstić information content (AvgIpc) is 3.43. The zero-order valence-electron chi connectivity index (χ0n) is 45.6. The van der Waals surface area contributed by atoms with E-state index in [-0.39, 0.29) is 17.7 Å². The van der Waals surface area contributed by atoms with Crippen molar-refractivity contribution < 1.29 is 158 Å². The fourth-order valence-corrected chi connectivity index (χ4v) is 11.3. The van der Waals surface area contributed by atoms with Gasteiger partial charge in [-0.1, -0.05) is 26.0 Å². The van der Waals surface area contributed by atoms with Gasteiger partial charge in [-0.2, -0.15) is 0 Å². The van der Waals surface area contributed by atoms with Crippen LogP contribution in [0.4, 0.5) is 0 Å². The van der Waals surface area contributed by atoms with Crippen molar-refractivity contribution in [3.8, 4) is 5.75 Å². The highest BCUT2D eigenvalue weighted by Crippen LogP contribution is 2.38. The predicted molar refractivity (Wildman–Crippen MR) is 266 cm³/mol. The molecule has 7 saturated heterocycles. The second kappa shape index (κ2) is 28.4. The molecule has 32 unspecified atom stereocenters. The number of carbonyl (C=O) groups excluding carboxylic acids is 1. The number of aliphatic hydroxyl groups is 18. The predicted octanol–water partition coefficient (Wildman–Crippen LogP) is -12.0. The summed E-state index contributed by atoms with van der Waals surface area (Å²) in [7, 11) is 1.19. The van der Waals surface area contributed by atoms with Crippen LogP contribution in [0.2, 0.25) is 0 Å². The largest absolute Gasteiger partial charge is 0.462 e. The molecule has 7 aliphatic rings. The van der Waals surface area contributed by atoms with E-state index in [0.717, 1.165) is 5.56 Å². The quantitative estimate of drug-likeness (QED) is 0.0543. The smallest absolute Gasteiger partial charge is 0.237 e. The maximum absolute atomic E-state index is 12.2. The van der Waals surface area contributed by atoms with Gasteiger partial charge in [0.25, 0.3) is 0 Å². The number of ether oxygens (including phenoxy) is 13. The van der Waals surface area contributed by atoms with E-state index in [2.05, 4.69) is 5.32 Å². The first-order valence-electron chi connectivity index (χ1n) is 27.2. The minimum Gasteiger partial charge on any atom is -0.462 e. The Hall–Kier alpha value is -2.75. The van der Waals surface area contributed by atoms with Gasteiger partial charge in [0.05, 0.1) is 45.7 Å². The number of amides is 1. The molecule has 0 spiro atoms. The monoisotopic (exact) mass is 1220 g/mol. The number of carbonyl (C=O) groups is 1. The van der Waals surface area contributed by atoms with Crippen LogP contribution in [0, 0.1) is 5.41 Å². The molecular formula is C50H80N2O32. The van der Waals surface area contributed by atoms with E-state index in [0.29, 0.717) is 6.42 Å². The first kappa shape index (κ1) is 67.2. The van der Waals surface area contributed by atoms with Crippen LogP contribution in [0.15, 0.2) is 24.3 Å². The van der Waals surface area contributed by atoms with Crippen LogP contribution in [-0.2, 0) is 68.1 Å². The number of rotatable bonds is 21. The summed E-state index contributed by atoms with van der Waals surface area (Å²) < 4.78 is 73.5. The third-order valence-corrected chi connectivity index (χ3v) is 16.6. The number of aliphatic hydroxyl groups excluding tert-OH is 18. The van der Waals surface area contributed by atoms with E-state index >= 15 is 0 Å². The van der Waals surface area contributed by atoms with Gasteiger partial charge in [-0.05, 0) is 24.1 Å². The Morgan fingerprint density at radius 1 is 0.429 bits per heavy atom. The molecule has 7 fully saturated rings. The van der Waals surface area contributed by atoms with Crippen molar-refractivity contribution in [3.63, 3.8) is 0 Å². The first-order chi connectivity index (χ1) is 39.9. The molecule has 1 aromatic carbocycles. The molecule has 1 aromatic rings. The molecule has 0 aliphatic carbocycles. The molecule has 34 heteroatoms. The van der Waals surface area contributed by atoms with Crippen molar-refractivity contribution in [3.05, 3.63) is 29.8 Å². The zero-order valence-corrected chi connectivity index (χ0v) is 45.6. The molecule has 0 saturated carbocycles. The average molecular weight is 1220 g/mol. The maximum atomic E-state index is 12.2. The van der Waals surface area contributed by atoms with Crippen LogP contribution < -0.4 is 15.8 Å². The first-order valence-corrected chi connectivity index (χ1v) is 27.2. The molecule has 0 aromatic heterocycles. The molecule has 482 valence electrons. The summed E-state index contributed by atoms with van der Waals surface area (Å²) >= 11 is 0. The summed E-state index contributed by atoms with van der Waals surface area (Å²) in [6, 6.07) is 5.61. The number of nitrogens with one attached hydrogen (secondary N) is 1. The maximum Gasteiger partial charge on any atom is 0.237 e. The van der Waals surface area contributed by atoms with Crippen LogP contribution in [0.5, 0.6) is 5.75 Å². The fourth-order valence-electron chi connectivity index (χ4n) is 11.3. The van der Waals surface area contributed by atoms with E-state index < -0.39 is 235 Å². The van der Waals surface area contributed by atoms with E-state index in [9.17, 15) is 96.7 Å². The number of hydrogen-bond donors (Lipinski definition) is 20. The minimum atomic E-state index is -2.19. The van der Waals surface area contributed by atoms with Gasteiger partial charge in [0.1, 0.15) is 152 Å². The number of methoxy groups -OCH3 is 1. The third-order valence-electron chi connectivity index (χ3n) is 16.6. The Kier molecular flexibility index (Phi) is 22.7. The lowest BCUT2D eigenvalue weighted by Gasteiger charge is -2.50. The number of hydrogen-bond acceptors (Lipinski definition) is 33. The lowest BCUT2D eigenvalue weighted by Crippen LogP contribution is -2.68. The van der Waals surface area contributed by atoms with Gasteiger partial charge in [0.15, 0.2) is 31.5 Å². The third kappa shape index (κ3) is 13.5. The van der Waals surface area contributed by atoms with Crippen LogP contribution >= 0.6 is 0 Å². The second-order valence-corrected chi connectivity index (χ2v) is 22.3. The molecule has 7 aliphatic heterocycles. The Balaban J connectivity index is 0.845. The highest BCUT2D eigenvalue weighted by molar-refractivity contribution is 5.85. The lowest BCUT2D eigenvalue weighted by atomic mass is 9.79. The molecule has 21 N–H and O–H groups in total. The molecule has 8 rings (SSSR count). The highest BCUT2D eigenvalue weighted by atomic mass is 16.8. The van der Waals surface area contributed by atoms with E-state index in [1.54, 1.807) is 24.3 Å². The normalized spacial score (nSPS) is 48.2. The summed E-state index contributed by atoms with van der Waals surface area (Å²) in [5.74, 6) is -0.0742.